The molecule has 0 aromatic heterocycles. The molecule has 0 amide bonds. The Labute approximate surface area is 129 Å². The molecule has 0 radical (unpaired) electrons. The minimum Gasteiger partial charge on any atom is -0.398 e. The fourth-order valence-corrected chi connectivity index (χ4v) is 2.85. The fourth-order valence-electron chi connectivity index (χ4n) is 2.60. The quantitative estimate of drug-likeness (QED) is 0.821. The van der Waals surface area contributed by atoms with Gasteiger partial charge in [0, 0.05) is 49.4 Å². The van der Waals surface area contributed by atoms with E-state index in [0.29, 0.717) is 0 Å². The van der Waals surface area contributed by atoms with Crippen LogP contribution in [-0.2, 0) is 6.54 Å². The third kappa shape index (κ3) is 4.74. The summed E-state index contributed by atoms with van der Waals surface area (Å²) in [5.41, 5.74) is 7.35. The summed E-state index contributed by atoms with van der Waals surface area (Å²) in [6.07, 6.45) is 0. The molecule has 0 spiro atoms. The molecule has 0 unspecified atom stereocenters. The zero-order valence-corrected chi connectivity index (χ0v) is 13.9. The van der Waals surface area contributed by atoms with Gasteiger partial charge in [-0.05, 0) is 47.5 Å². The van der Waals surface area contributed by atoms with Gasteiger partial charge in [0.15, 0.2) is 0 Å². The zero-order valence-electron chi connectivity index (χ0n) is 12.3. The first-order valence-electron chi connectivity index (χ1n) is 7.04. The van der Waals surface area contributed by atoms with Crippen molar-refractivity contribution in [3.8, 4) is 0 Å². The normalized spacial score (nSPS) is 18.4. The highest BCUT2D eigenvalue weighted by atomic mass is 79.9. The van der Waals surface area contributed by atoms with E-state index in [4.69, 9.17) is 5.73 Å². The molecule has 0 saturated carbocycles. The van der Waals surface area contributed by atoms with Crippen LogP contribution >= 0.6 is 15.9 Å². The summed E-state index contributed by atoms with van der Waals surface area (Å²) < 4.78 is 0.955. The van der Waals surface area contributed by atoms with Crippen LogP contribution in [0.25, 0.3) is 0 Å². The van der Waals surface area contributed by atoms with Crippen molar-refractivity contribution in [2.45, 2.75) is 26.0 Å². The average molecular weight is 342 g/mol. The molecule has 0 aliphatic carbocycles. The second-order valence-corrected chi connectivity index (χ2v) is 7.07. The van der Waals surface area contributed by atoms with Gasteiger partial charge in [-0.2, -0.15) is 0 Å². The minimum atomic E-state index is -0.609. The molecule has 1 aromatic rings. The lowest BCUT2D eigenvalue weighted by Crippen LogP contribution is -2.50. The highest BCUT2D eigenvalue weighted by molar-refractivity contribution is 9.10. The number of piperazine rings is 1. The third-order valence-corrected chi connectivity index (χ3v) is 4.26. The fraction of sp³-hybridized carbons (Fsp3) is 0.600. The van der Waals surface area contributed by atoms with Gasteiger partial charge in [-0.3, -0.25) is 9.80 Å². The van der Waals surface area contributed by atoms with Crippen molar-refractivity contribution in [3.05, 3.63) is 28.2 Å². The zero-order chi connectivity index (χ0) is 14.8. The van der Waals surface area contributed by atoms with E-state index in [-0.39, 0.29) is 0 Å². The molecule has 112 valence electrons. The minimum absolute atomic E-state index is 0.609. The van der Waals surface area contributed by atoms with Gasteiger partial charge in [0.2, 0.25) is 0 Å². The summed E-state index contributed by atoms with van der Waals surface area (Å²) in [6, 6.07) is 6.16. The summed E-state index contributed by atoms with van der Waals surface area (Å²) in [5, 5.41) is 9.85. The molecule has 20 heavy (non-hydrogen) atoms. The van der Waals surface area contributed by atoms with E-state index < -0.39 is 5.60 Å². The van der Waals surface area contributed by atoms with Crippen LogP contribution in [0.2, 0.25) is 0 Å². The van der Waals surface area contributed by atoms with E-state index in [0.717, 1.165) is 49.4 Å². The third-order valence-electron chi connectivity index (χ3n) is 3.54. The van der Waals surface area contributed by atoms with Gasteiger partial charge in [-0.25, -0.2) is 0 Å². The van der Waals surface area contributed by atoms with Gasteiger partial charge in [-0.1, -0.05) is 6.07 Å². The van der Waals surface area contributed by atoms with E-state index in [9.17, 15) is 5.11 Å². The van der Waals surface area contributed by atoms with Crippen molar-refractivity contribution in [1.82, 2.24) is 9.80 Å². The van der Waals surface area contributed by atoms with E-state index in [1.54, 1.807) is 0 Å². The standard InChI is InChI=1S/C15H24BrN3O/c1-15(2,20)11-19-7-5-18(6-8-19)10-12-3-4-13(16)14(17)9-12/h3-4,9,20H,5-8,10-11,17H2,1-2H3. The van der Waals surface area contributed by atoms with E-state index in [1.807, 2.05) is 26.0 Å². The maximum absolute atomic E-state index is 9.85. The Morgan fingerprint density at radius 1 is 1.20 bits per heavy atom. The summed E-state index contributed by atoms with van der Waals surface area (Å²) >= 11 is 3.42. The van der Waals surface area contributed by atoms with Crippen LogP contribution in [-0.4, -0.2) is 53.2 Å². The molecule has 1 aliphatic heterocycles. The SMILES string of the molecule is CC(C)(O)CN1CCN(Cc2ccc(Br)c(N)c2)CC1. The number of benzene rings is 1. The first-order chi connectivity index (χ1) is 9.33. The number of nitrogens with two attached hydrogens (primary N) is 1. The van der Waals surface area contributed by atoms with Crippen LogP contribution in [0.1, 0.15) is 19.4 Å². The van der Waals surface area contributed by atoms with Crippen LogP contribution in [0, 0.1) is 0 Å². The summed E-state index contributed by atoms with van der Waals surface area (Å²) in [4.78, 5) is 4.76. The van der Waals surface area contributed by atoms with Crippen molar-refractivity contribution in [2.75, 3.05) is 38.5 Å². The Kier molecular flexibility index (Phi) is 5.07. The Morgan fingerprint density at radius 2 is 1.80 bits per heavy atom. The molecule has 5 heteroatoms. The topological polar surface area (TPSA) is 52.7 Å². The maximum atomic E-state index is 9.85. The number of nitrogens with zero attached hydrogens (tertiary/aromatic N) is 2. The summed E-state index contributed by atoms with van der Waals surface area (Å²) in [7, 11) is 0. The highest BCUT2D eigenvalue weighted by Gasteiger charge is 2.22. The average Bonchev–Trinajstić information content (AvgIpc) is 2.35. The molecule has 1 fully saturated rings. The number of β-amino-alcohol motifs (C(OH)–C–C–N with tert-alkyl or cyclic N) is 1. The molecule has 4 nitrogen and oxygen atoms in total. The molecular weight excluding hydrogens is 318 g/mol. The Balaban J connectivity index is 1.83. The lowest BCUT2D eigenvalue weighted by atomic mass is 10.1. The smallest absolute Gasteiger partial charge is 0.0718 e. The number of anilines is 1. The molecule has 1 heterocycles. The van der Waals surface area contributed by atoms with Gasteiger partial charge in [0.25, 0.3) is 0 Å². The van der Waals surface area contributed by atoms with Gasteiger partial charge in [0.1, 0.15) is 0 Å². The van der Waals surface area contributed by atoms with Crippen LogP contribution in [0.4, 0.5) is 5.69 Å². The van der Waals surface area contributed by atoms with E-state index in [1.165, 1.54) is 5.56 Å². The first-order valence-corrected chi connectivity index (χ1v) is 7.84. The summed E-state index contributed by atoms with van der Waals surface area (Å²) in [6.45, 7) is 9.50. The molecule has 0 bridgehead atoms. The predicted octanol–water partition coefficient (Wildman–Crippen LogP) is 1.92. The molecule has 1 aliphatic rings. The number of hydrogen-bond acceptors (Lipinski definition) is 4. The van der Waals surface area contributed by atoms with Crippen molar-refractivity contribution in [3.63, 3.8) is 0 Å². The summed E-state index contributed by atoms with van der Waals surface area (Å²) in [5.74, 6) is 0. The lowest BCUT2D eigenvalue weighted by Gasteiger charge is -2.37. The van der Waals surface area contributed by atoms with E-state index >= 15 is 0 Å². The largest absolute Gasteiger partial charge is 0.398 e. The van der Waals surface area contributed by atoms with Crippen molar-refractivity contribution >= 4 is 21.6 Å². The molecule has 2 rings (SSSR count). The monoisotopic (exact) mass is 341 g/mol. The molecular formula is C15H24BrN3O. The molecule has 1 saturated heterocycles. The number of nitrogen functional groups attached to an aromatic ring is 1. The molecule has 1 aromatic carbocycles. The van der Waals surface area contributed by atoms with Crippen LogP contribution in [0.5, 0.6) is 0 Å². The van der Waals surface area contributed by atoms with Crippen LogP contribution in [0.15, 0.2) is 22.7 Å². The maximum Gasteiger partial charge on any atom is 0.0718 e. The number of aliphatic hydroxyl groups is 1. The van der Waals surface area contributed by atoms with Gasteiger partial charge in [0.05, 0.1) is 5.60 Å². The molecule has 0 atom stereocenters. The lowest BCUT2D eigenvalue weighted by molar-refractivity contribution is 0.0167. The van der Waals surface area contributed by atoms with Gasteiger partial charge >= 0.3 is 0 Å². The second kappa shape index (κ2) is 6.43. The van der Waals surface area contributed by atoms with Crippen LogP contribution < -0.4 is 5.73 Å². The second-order valence-electron chi connectivity index (χ2n) is 6.22. The first kappa shape index (κ1) is 15.8. The predicted molar refractivity (Wildman–Crippen MR) is 86.6 cm³/mol. The number of hydrogen-bond donors (Lipinski definition) is 2. The van der Waals surface area contributed by atoms with Crippen LogP contribution in [0.3, 0.4) is 0 Å². The Morgan fingerprint density at radius 3 is 2.35 bits per heavy atom. The molecule has 3 N–H and O–H groups in total. The Bertz CT molecular complexity index is 451. The Hall–Kier alpha value is -0.620. The van der Waals surface area contributed by atoms with E-state index in [2.05, 4.69) is 31.8 Å². The van der Waals surface area contributed by atoms with Gasteiger partial charge in [-0.15, -0.1) is 0 Å². The highest BCUT2D eigenvalue weighted by Crippen LogP contribution is 2.21. The van der Waals surface area contributed by atoms with Gasteiger partial charge < -0.3 is 10.8 Å². The van der Waals surface area contributed by atoms with Crippen molar-refractivity contribution in [2.24, 2.45) is 0 Å². The number of rotatable bonds is 4. The number of halogens is 1. The van der Waals surface area contributed by atoms with Crippen molar-refractivity contribution < 1.29 is 5.11 Å². The van der Waals surface area contributed by atoms with Crippen molar-refractivity contribution in [1.29, 1.82) is 0 Å².